The van der Waals surface area contributed by atoms with Gasteiger partial charge in [-0.3, -0.25) is 0 Å². The van der Waals surface area contributed by atoms with Gasteiger partial charge in [0.15, 0.2) is 0 Å². The van der Waals surface area contributed by atoms with Crippen LogP contribution in [-0.2, 0) is 9.53 Å². The van der Waals surface area contributed by atoms with Gasteiger partial charge in [-0.15, -0.1) is 0 Å². The molecule has 0 saturated heterocycles. The topological polar surface area (TPSA) is 26.3 Å². The zero-order chi connectivity index (χ0) is 9.90. The summed E-state index contributed by atoms with van der Waals surface area (Å²) < 4.78 is 5.34. The van der Waals surface area contributed by atoms with Crippen molar-refractivity contribution in [3.63, 3.8) is 0 Å². The first-order valence-electron chi connectivity index (χ1n) is 4.89. The van der Waals surface area contributed by atoms with Crippen LogP contribution in [0.1, 0.15) is 40.0 Å². The number of rotatable bonds is 2. The Morgan fingerprint density at radius 3 is 2.69 bits per heavy atom. The Morgan fingerprint density at radius 1 is 1.54 bits per heavy atom. The van der Waals surface area contributed by atoms with E-state index in [1.807, 2.05) is 6.92 Å². The van der Waals surface area contributed by atoms with Crippen LogP contribution < -0.4 is 0 Å². The van der Waals surface area contributed by atoms with E-state index in [4.69, 9.17) is 4.74 Å². The molecule has 1 fully saturated rings. The third kappa shape index (κ3) is 2.58. The van der Waals surface area contributed by atoms with Gasteiger partial charge in [0.2, 0.25) is 0 Å². The lowest BCUT2D eigenvalue weighted by atomic mass is 9.89. The molecule has 1 atom stereocenters. The molecule has 1 aliphatic carbocycles. The highest BCUT2D eigenvalue weighted by Crippen LogP contribution is 2.39. The molecule has 0 spiro atoms. The Kier molecular flexibility index (Phi) is 3.12. The lowest BCUT2D eigenvalue weighted by Gasteiger charge is -2.25. The summed E-state index contributed by atoms with van der Waals surface area (Å²) >= 11 is 0. The normalized spacial score (nSPS) is 26.5. The summed E-state index contributed by atoms with van der Waals surface area (Å²) in [5, 5.41) is 0. The van der Waals surface area contributed by atoms with Crippen molar-refractivity contribution in [2.75, 3.05) is 0 Å². The Labute approximate surface area is 80.0 Å². The minimum Gasteiger partial charge on any atom is -0.459 e. The Bertz CT molecular complexity index is 216. The zero-order valence-corrected chi connectivity index (χ0v) is 8.67. The fourth-order valence-corrected chi connectivity index (χ4v) is 1.83. The first kappa shape index (κ1) is 10.3. The second-order valence-corrected chi connectivity index (χ2v) is 4.31. The lowest BCUT2D eigenvalue weighted by Crippen LogP contribution is -2.28. The molecule has 0 aromatic rings. The summed E-state index contributed by atoms with van der Waals surface area (Å²) in [7, 11) is 0. The van der Waals surface area contributed by atoms with Crippen molar-refractivity contribution in [2.24, 2.45) is 5.41 Å². The second-order valence-electron chi connectivity index (χ2n) is 4.31. The Balaban J connectivity index is 2.49. The van der Waals surface area contributed by atoms with Gasteiger partial charge in [-0.05, 0) is 26.2 Å². The van der Waals surface area contributed by atoms with E-state index in [0.717, 1.165) is 12.8 Å². The third-order valence-electron chi connectivity index (χ3n) is 2.72. The van der Waals surface area contributed by atoms with E-state index in [2.05, 4.69) is 13.8 Å². The molecule has 0 aromatic carbocycles. The number of ether oxygens (including phenoxy) is 1. The molecule has 0 aliphatic heterocycles. The molecular weight excluding hydrogens is 164 g/mol. The Morgan fingerprint density at radius 2 is 2.23 bits per heavy atom. The maximum atomic E-state index is 11.2. The van der Waals surface area contributed by atoms with Crippen molar-refractivity contribution in [3.05, 3.63) is 12.2 Å². The Hall–Kier alpha value is -0.790. The second kappa shape index (κ2) is 3.95. The molecule has 2 nitrogen and oxygen atoms in total. The molecule has 0 radical (unpaired) electrons. The monoisotopic (exact) mass is 182 g/mol. The van der Waals surface area contributed by atoms with Crippen LogP contribution in [0, 0.1) is 5.41 Å². The highest BCUT2D eigenvalue weighted by Gasteiger charge is 2.36. The van der Waals surface area contributed by atoms with E-state index in [1.54, 1.807) is 6.08 Å². The SMILES string of the molecule is C/C=C/C(=O)OC1CCCC1(C)C. The third-order valence-corrected chi connectivity index (χ3v) is 2.72. The van der Waals surface area contributed by atoms with Crippen molar-refractivity contribution in [2.45, 2.75) is 46.1 Å². The number of esters is 1. The zero-order valence-electron chi connectivity index (χ0n) is 8.67. The number of carbonyl (C=O) groups is 1. The minimum atomic E-state index is -0.206. The van der Waals surface area contributed by atoms with E-state index in [9.17, 15) is 4.79 Å². The largest absolute Gasteiger partial charge is 0.459 e. The van der Waals surface area contributed by atoms with Gasteiger partial charge in [-0.2, -0.15) is 0 Å². The van der Waals surface area contributed by atoms with Gasteiger partial charge < -0.3 is 4.74 Å². The number of hydrogen-bond acceptors (Lipinski definition) is 2. The molecule has 1 unspecified atom stereocenters. The molecule has 0 N–H and O–H groups in total. The summed E-state index contributed by atoms with van der Waals surface area (Å²) in [6, 6.07) is 0. The highest BCUT2D eigenvalue weighted by molar-refractivity contribution is 5.82. The fourth-order valence-electron chi connectivity index (χ4n) is 1.83. The van der Waals surface area contributed by atoms with E-state index in [0.29, 0.717) is 0 Å². The van der Waals surface area contributed by atoms with Crippen molar-refractivity contribution >= 4 is 5.97 Å². The minimum absolute atomic E-state index is 0.108. The quantitative estimate of drug-likeness (QED) is 0.485. The van der Waals surface area contributed by atoms with Crippen molar-refractivity contribution in [3.8, 4) is 0 Å². The van der Waals surface area contributed by atoms with Crippen LogP contribution in [0.4, 0.5) is 0 Å². The standard InChI is InChI=1S/C11H18O2/c1-4-6-10(12)13-9-7-5-8-11(9,2)3/h4,6,9H,5,7-8H2,1-3H3/b6-4+. The molecule has 1 rings (SSSR count). The fraction of sp³-hybridized carbons (Fsp3) is 0.727. The molecule has 2 heteroatoms. The maximum Gasteiger partial charge on any atom is 0.330 e. The number of carbonyl (C=O) groups excluding carboxylic acids is 1. The summed E-state index contributed by atoms with van der Waals surface area (Å²) in [6.45, 7) is 6.14. The molecule has 1 saturated carbocycles. The lowest BCUT2D eigenvalue weighted by molar-refractivity contribution is -0.147. The average molecular weight is 182 g/mol. The molecule has 0 heterocycles. The van der Waals surface area contributed by atoms with Gasteiger partial charge >= 0.3 is 5.97 Å². The van der Waals surface area contributed by atoms with Gasteiger partial charge in [0.05, 0.1) is 0 Å². The van der Waals surface area contributed by atoms with Gasteiger partial charge in [0, 0.05) is 11.5 Å². The smallest absolute Gasteiger partial charge is 0.330 e. The van der Waals surface area contributed by atoms with Crippen molar-refractivity contribution < 1.29 is 9.53 Å². The van der Waals surface area contributed by atoms with Crippen molar-refractivity contribution in [1.29, 1.82) is 0 Å². The van der Waals surface area contributed by atoms with E-state index in [1.165, 1.54) is 12.5 Å². The van der Waals surface area contributed by atoms with Crippen LogP contribution in [0.15, 0.2) is 12.2 Å². The van der Waals surface area contributed by atoms with Crippen LogP contribution in [0.3, 0.4) is 0 Å². The summed E-state index contributed by atoms with van der Waals surface area (Å²) in [4.78, 5) is 11.2. The van der Waals surface area contributed by atoms with Crippen molar-refractivity contribution in [1.82, 2.24) is 0 Å². The predicted octanol–water partition coefficient (Wildman–Crippen LogP) is 2.68. The van der Waals surface area contributed by atoms with Crippen LogP contribution in [-0.4, -0.2) is 12.1 Å². The van der Waals surface area contributed by atoms with Crippen LogP contribution in [0.25, 0.3) is 0 Å². The van der Waals surface area contributed by atoms with Gasteiger partial charge in [0.1, 0.15) is 6.10 Å². The van der Waals surface area contributed by atoms with Crippen LogP contribution in [0.5, 0.6) is 0 Å². The van der Waals surface area contributed by atoms with Gasteiger partial charge in [-0.1, -0.05) is 19.9 Å². The molecule has 1 aliphatic rings. The average Bonchev–Trinajstić information content (AvgIpc) is 2.31. The van der Waals surface area contributed by atoms with Crippen LogP contribution >= 0.6 is 0 Å². The number of hydrogen-bond donors (Lipinski definition) is 0. The molecule has 0 bridgehead atoms. The van der Waals surface area contributed by atoms with E-state index >= 15 is 0 Å². The highest BCUT2D eigenvalue weighted by atomic mass is 16.5. The van der Waals surface area contributed by atoms with E-state index < -0.39 is 0 Å². The molecule has 13 heavy (non-hydrogen) atoms. The van der Waals surface area contributed by atoms with Crippen LogP contribution in [0.2, 0.25) is 0 Å². The first-order chi connectivity index (χ1) is 6.06. The molecular formula is C11H18O2. The van der Waals surface area contributed by atoms with Gasteiger partial charge in [-0.25, -0.2) is 4.79 Å². The van der Waals surface area contributed by atoms with E-state index in [-0.39, 0.29) is 17.5 Å². The van der Waals surface area contributed by atoms with Gasteiger partial charge in [0.25, 0.3) is 0 Å². The molecule has 74 valence electrons. The molecule has 0 aromatic heterocycles. The number of allylic oxidation sites excluding steroid dienone is 1. The first-order valence-corrected chi connectivity index (χ1v) is 4.89. The predicted molar refractivity (Wildman–Crippen MR) is 52.3 cm³/mol. The summed E-state index contributed by atoms with van der Waals surface area (Å²) in [6.07, 6.45) is 6.63. The summed E-state index contributed by atoms with van der Waals surface area (Å²) in [5.41, 5.74) is 0.164. The maximum absolute atomic E-state index is 11.2. The summed E-state index contributed by atoms with van der Waals surface area (Å²) in [5.74, 6) is -0.206. The molecule has 0 amide bonds.